The monoisotopic (exact) mass is 463 g/mol. The molecule has 0 bridgehead atoms. The number of rotatable bonds is 5. The van der Waals surface area contributed by atoms with E-state index >= 15 is 0 Å². The molecule has 0 spiro atoms. The first kappa shape index (κ1) is 22.1. The van der Waals surface area contributed by atoms with Crippen LogP contribution >= 0.6 is 24.0 Å². The number of likely N-dealkylation sites (N-methyl/N-ethyl adjacent to an activating group) is 2. The molecule has 1 fully saturated rings. The summed E-state index contributed by atoms with van der Waals surface area (Å²) in [6, 6.07) is 5.44. The molecule has 2 rings (SSSR count). The quantitative estimate of drug-likeness (QED) is 0.397. The molecular weight excluding hydrogens is 432 g/mol. The lowest BCUT2D eigenvalue weighted by Crippen LogP contribution is -2.55. The Labute approximate surface area is 168 Å². The minimum absolute atomic E-state index is 0. The largest absolute Gasteiger partial charge is 0.356 e. The molecule has 0 aromatic heterocycles. The fraction of sp³-hybridized carbons (Fsp3) is 0.611. The summed E-state index contributed by atoms with van der Waals surface area (Å²) >= 11 is 0. The number of benzene rings is 1. The van der Waals surface area contributed by atoms with Crippen molar-refractivity contribution in [3.63, 3.8) is 0 Å². The van der Waals surface area contributed by atoms with Crippen molar-refractivity contribution in [2.75, 3.05) is 53.9 Å². The first-order valence-electron chi connectivity index (χ1n) is 8.58. The smallest absolute Gasteiger partial charge is 0.191 e. The van der Waals surface area contributed by atoms with E-state index in [-0.39, 0.29) is 29.8 Å². The van der Waals surface area contributed by atoms with E-state index in [1.54, 1.807) is 13.1 Å². The Balaban J connectivity index is 0.00000312. The van der Waals surface area contributed by atoms with Gasteiger partial charge in [-0.1, -0.05) is 6.07 Å². The van der Waals surface area contributed by atoms with Crippen LogP contribution in [-0.4, -0.2) is 75.7 Å². The third-order valence-corrected chi connectivity index (χ3v) is 4.70. The Morgan fingerprint density at radius 2 is 2.04 bits per heavy atom. The van der Waals surface area contributed by atoms with Gasteiger partial charge in [-0.25, -0.2) is 4.39 Å². The summed E-state index contributed by atoms with van der Waals surface area (Å²) in [4.78, 5) is 9.04. The van der Waals surface area contributed by atoms with Crippen molar-refractivity contribution in [3.8, 4) is 0 Å². The van der Waals surface area contributed by atoms with Gasteiger partial charge in [0.1, 0.15) is 5.82 Å². The van der Waals surface area contributed by atoms with Gasteiger partial charge in [0.15, 0.2) is 5.96 Å². The molecule has 7 heteroatoms. The normalized spacial score (nSPS) is 19.4. The highest BCUT2D eigenvalue weighted by Crippen LogP contribution is 2.10. The summed E-state index contributed by atoms with van der Waals surface area (Å²) < 4.78 is 13.1. The highest BCUT2D eigenvalue weighted by Gasteiger charge is 2.21. The fourth-order valence-electron chi connectivity index (χ4n) is 3.01. The van der Waals surface area contributed by atoms with Crippen LogP contribution in [0.15, 0.2) is 23.2 Å². The zero-order chi connectivity index (χ0) is 17.5. The molecule has 0 amide bonds. The van der Waals surface area contributed by atoms with Crippen LogP contribution < -0.4 is 10.6 Å². The summed E-state index contributed by atoms with van der Waals surface area (Å²) in [5.74, 6) is 0.639. The Kier molecular flexibility index (Phi) is 9.66. The van der Waals surface area contributed by atoms with Gasteiger partial charge in [-0.2, -0.15) is 0 Å². The Bertz CT molecular complexity index is 566. The first-order chi connectivity index (χ1) is 11.5. The maximum absolute atomic E-state index is 13.1. The van der Waals surface area contributed by atoms with E-state index in [1.165, 1.54) is 6.07 Å². The van der Waals surface area contributed by atoms with Gasteiger partial charge in [0, 0.05) is 45.8 Å². The van der Waals surface area contributed by atoms with Crippen LogP contribution in [0.1, 0.15) is 11.1 Å². The Morgan fingerprint density at radius 1 is 1.28 bits per heavy atom. The van der Waals surface area contributed by atoms with E-state index in [9.17, 15) is 4.39 Å². The molecule has 1 aromatic carbocycles. The SMILES string of the molecule is CN=C(NCCc1ccc(F)cc1C)NCC1CN(C)CCN1C.I. The Hall–Kier alpha value is -0.930. The molecule has 1 atom stereocenters. The molecule has 2 N–H and O–H groups in total. The van der Waals surface area contributed by atoms with E-state index in [1.807, 2.05) is 13.0 Å². The molecule has 1 heterocycles. The second-order valence-corrected chi connectivity index (χ2v) is 6.60. The lowest BCUT2D eigenvalue weighted by molar-refractivity contribution is 0.116. The minimum atomic E-state index is -0.178. The number of aliphatic imine (C=N–C) groups is 1. The molecule has 1 aliphatic rings. The number of guanidine groups is 1. The molecule has 1 aliphatic heterocycles. The highest BCUT2D eigenvalue weighted by atomic mass is 127. The second-order valence-electron chi connectivity index (χ2n) is 6.60. The van der Waals surface area contributed by atoms with Gasteiger partial charge in [-0.05, 0) is 50.7 Å². The molecule has 5 nitrogen and oxygen atoms in total. The number of aryl methyl sites for hydroxylation is 1. The number of hydrogen-bond donors (Lipinski definition) is 2. The van der Waals surface area contributed by atoms with E-state index in [0.29, 0.717) is 6.04 Å². The van der Waals surface area contributed by atoms with Crippen molar-refractivity contribution >= 4 is 29.9 Å². The number of nitrogens with one attached hydrogen (secondary N) is 2. The second kappa shape index (κ2) is 10.9. The van der Waals surface area contributed by atoms with Crippen molar-refractivity contribution in [2.24, 2.45) is 4.99 Å². The van der Waals surface area contributed by atoms with Gasteiger partial charge < -0.3 is 15.5 Å². The van der Waals surface area contributed by atoms with Crippen LogP contribution in [0.3, 0.4) is 0 Å². The van der Waals surface area contributed by atoms with Gasteiger partial charge in [-0.15, -0.1) is 24.0 Å². The van der Waals surface area contributed by atoms with E-state index in [2.05, 4.69) is 39.5 Å². The molecular formula is C18H31FIN5. The lowest BCUT2D eigenvalue weighted by atomic mass is 10.1. The van der Waals surface area contributed by atoms with Crippen LogP contribution in [0.25, 0.3) is 0 Å². The average Bonchev–Trinajstić information content (AvgIpc) is 2.55. The Morgan fingerprint density at radius 3 is 2.72 bits per heavy atom. The van der Waals surface area contributed by atoms with Crippen LogP contribution in [-0.2, 0) is 6.42 Å². The zero-order valence-electron chi connectivity index (χ0n) is 15.7. The average molecular weight is 463 g/mol. The summed E-state index contributed by atoms with van der Waals surface area (Å²) in [5.41, 5.74) is 2.15. The molecule has 0 radical (unpaired) electrons. The summed E-state index contributed by atoms with van der Waals surface area (Å²) in [6.07, 6.45) is 0.846. The van der Waals surface area contributed by atoms with Gasteiger partial charge in [0.2, 0.25) is 0 Å². The van der Waals surface area contributed by atoms with Crippen molar-refractivity contribution in [1.82, 2.24) is 20.4 Å². The number of hydrogen-bond acceptors (Lipinski definition) is 3. The molecule has 0 saturated carbocycles. The maximum Gasteiger partial charge on any atom is 0.191 e. The predicted octanol–water partition coefficient (Wildman–Crippen LogP) is 1.71. The van der Waals surface area contributed by atoms with Crippen molar-refractivity contribution in [3.05, 3.63) is 35.1 Å². The summed E-state index contributed by atoms with van der Waals surface area (Å²) in [7, 11) is 6.13. The summed E-state index contributed by atoms with van der Waals surface area (Å²) in [6.45, 7) is 6.87. The van der Waals surface area contributed by atoms with Crippen molar-refractivity contribution in [2.45, 2.75) is 19.4 Å². The zero-order valence-corrected chi connectivity index (χ0v) is 18.0. The highest BCUT2D eigenvalue weighted by molar-refractivity contribution is 14.0. The number of piperazine rings is 1. The van der Waals surface area contributed by atoms with Crippen LogP contribution in [0.2, 0.25) is 0 Å². The van der Waals surface area contributed by atoms with Gasteiger partial charge >= 0.3 is 0 Å². The van der Waals surface area contributed by atoms with Crippen molar-refractivity contribution < 1.29 is 4.39 Å². The van der Waals surface area contributed by atoms with Gasteiger partial charge in [-0.3, -0.25) is 9.89 Å². The molecule has 0 aliphatic carbocycles. The van der Waals surface area contributed by atoms with Gasteiger partial charge in [0.05, 0.1) is 0 Å². The third kappa shape index (κ3) is 7.07. The van der Waals surface area contributed by atoms with Crippen LogP contribution in [0, 0.1) is 12.7 Å². The fourth-order valence-corrected chi connectivity index (χ4v) is 3.01. The molecule has 1 unspecified atom stereocenters. The molecule has 142 valence electrons. The summed E-state index contributed by atoms with van der Waals surface area (Å²) in [5, 5.41) is 6.75. The molecule has 25 heavy (non-hydrogen) atoms. The van der Waals surface area contributed by atoms with Crippen LogP contribution in [0.5, 0.6) is 0 Å². The minimum Gasteiger partial charge on any atom is -0.356 e. The lowest BCUT2D eigenvalue weighted by Gasteiger charge is -2.37. The van der Waals surface area contributed by atoms with E-state index in [4.69, 9.17) is 0 Å². The maximum atomic E-state index is 13.1. The van der Waals surface area contributed by atoms with Gasteiger partial charge in [0.25, 0.3) is 0 Å². The number of halogens is 2. The topological polar surface area (TPSA) is 42.9 Å². The van der Waals surface area contributed by atoms with Crippen molar-refractivity contribution in [1.29, 1.82) is 0 Å². The molecule has 1 saturated heterocycles. The van der Waals surface area contributed by atoms with Crippen LogP contribution in [0.4, 0.5) is 4.39 Å². The van der Waals surface area contributed by atoms with E-state index in [0.717, 1.165) is 56.2 Å². The number of nitrogens with zero attached hydrogens (tertiary/aromatic N) is 3. The van der Waals surface area contributed by atoms with E-state index < -0.39 is 0 Å². The molecule has 1 aromatic rings. The predicted molar refractivity (Wildman–Crippen MR) is 114 cm³/mol. The third-order valence-electron chi connectivity index (χ3n) is 4.70. The first-order valence-corrected chi connectivity index (χ1v) is 8.58. The standard InChI is InChI=1S/C18H30FN5.HI/c1-14-11-16(19)6-5-15(14)7-8-21-18(20-2)22-12-17-13-23(3)9-10-24(17)4;/h5-6,11,17H,7-10,12-13H2,1-4H3,(H2,20,21,22);1H.